The van der Waals surface area contributed by atoms with Gasteiger partial charge in [-0.15, -0.1) is 0 Å². The minimum atomic E-state index is -6.01. The van der Waals surface area contributed by atoms with Crippen molar-refractivity contribution in [2.45, 2.75) is 50.3 Å². The molecule has 2 heterocycles. The van der Waals surface area contributed by atoms with Gasteiger partial charge in [-0.05, 0) is 17.7 Å². The number of methoxy groups -OCH3 is 1. The van der Waals surface area contributed by atoms with E-state index in [4.69, 9.17) is 14.2 Å². The molecule has 0 fully saturated rings. The molecule has 2 amide bonds. The van der Waals surface area contributed by atoms with E-state index in [0.717, 1.165) is 22.7 Å². The van der Waals surface area contributed by atoms with Gasteiger partial charge in [0.25, 0.3) is 11.8 Å². The highest BCUT2D eigenvalue weighted by Gasteiger charge is 2.51. The number of amides is 2. The quantitative estimate of drug-likeness (QED) is 0.150. The molecule has 0 saturated carbocycles. The fraction of sp³-hybridized carbons (Fsp3) is 0.407. The van der Waals surface area contributed by atoms with Gasteiger partial charge in [0.15, 0.2) is 11.5 Å². The summed E-state index contributed by atoms with van der Waals surface area (Å²) in [6.45, 7) is 6.70. The molecule has 2 aromatic carbocycles. The molecular weight excluding hydrogens is 597 g/mol. The van der Waals surface area contributed by atoms with Crippen LogP contribution in [-0.2, 0) is 30.4 Å². The number of alkyl halides is 3. The van der Waals surface area contributed by atoms with Crippen molar-refractivity contribution in [3.63, 3.8) is 0 Å². The number of ether oxygens (including phenoxy) is 3. The van der Waals surface area contributed by atoms with Crippen molar-refractivity contribution in [2.24, 2.45) is 0 Å². The maximum atomic E-state index is 13.8. The summed E-state index contributed by atoms with van der Waals surface area (Å²) in [6.07, 6.45) is 0.216. The van der Waals surface area contributed by atoms with Crippen LogP contribution < -0.4 is 14.4 Å². The van der Waals surface area contributed by atoms with Gasteiger partial charge in [-0.25, -0.2) is 0 Å². The number of carbonyl (C=O) groups is 2. The van der Waals surface area contributed by atoms with Crippen molar-refractivity contribution in [3.05, 3.63) is 65.6 Å². The number of carbonyl (C=O) groups excluding carboxylic acids is 2. The molecule has 0 spiro atoms. The Morgan fingerprint density at radius 3 is 2.36 bits per heavy atom. The molecule has 0 saturated heterocycles. The zero-order chi connectivity index (χ0) is 30.9. The molecule has 2 aliphatic rings. The number of hydrogen-bond acceptors (Lipinski definition) is 8. The third-order valence-corrected chi connectivity index (χ3v) is 9.26. The third kappa shape index (κ3) is 6.90. The molecule has 2 aliphatic heterocycles. The molecule has 0 aliphatic carbocycles. The van der Waals surface area contributed by atoms with Crippen LogP contribution in [0.2, 0.25) is 25.7 Å². The summed E-state index contributed by atoms with van der Waals surface area (Å²) in [6, 6.07) is 11.5. The Morgan fingerprint density at radius 2 is 1.74 bits per heavy atom. The lowest BCUT2D eigenvalue weighted by molar-refractivity contribution is -0.123. The van der Waals surface area contributed by atoms with E-state index in [-0.39, 0.29) is 36.1 Å². The summed E-state index contributed by atoms with van der Waals surface area (Å²) >= 11 is 0. The molecule has 0 aromatic heterocycles. The zero-order valence-electron chi connectivity index (χ0n) is 23.4. The fourth-order valence-electron chi connectivity index (χ4n) is 4.29. The van der Waals surface area contributed by atoms with Crippen LogP contribution in [0.25, 0.3) is 0 Å². The molecule has 0 bridgehead atoms. The monoisotopic (exact) mass is 628 g/mol. The Morgan fingerprint density at radius 1 is 1.05 bits per heavy atom. The molecule has 15 heteroatoms. The summed E-state index contributed by atoms with van der Waals surface area (Å²) in [4.78, 5) is 29.6. The summed E-state index contributed by atoms with van der Waals surface area (Å²) < 4.78 is 83.6. The molecule has 4 rings (SSSR count). The average molecular weight is 629 g/mol. The number of rotatable bonds is 11. The van der Waals surface area contributed by atoms with Crippen molar-refractivity contribution >= 4 is 35.7 Å². The van der Waals surface area contributed by atoms with Gasteiger partial charge in [-0.3, -0.25) is 19.4 Å². The Labute approximate surface area is 242 Å². The van der Waals surface area contributed by atoms with E-state index < -0.39 is 53.7 Å². The van der Waals surface area contributed by atoms with Gasteiger partial charge >= 0.3 is 15.6 Å². The van der Waals surface area contributed by atoms with Crippen molar-refractivity contribution in [1.29, 1.82) is 0 Å². The second kappa shape index (κ2) is 12.0. The SMILES string of the molecule is COc1cc2c(cc1OCc1ccccc1)N(COCC[Si](C)(C)C)C(=O)[C@@H]1CC(OS(=O)(=O)C(F)(F)F)=CN1C2=O. The predicted octanol–water partition coefficient (Wildman–Crippen LogP) is 4.86. The summed E-state index contributed by atoms with van der Waals surface area (Å²) in [5, 5.41) is 0. The Hall–Kier alpha value is -3.56. The van der Waals surface area contributed by atoms with Gasteiger partial charge in [-0.2, -0.15) is 21.6 Å². The summed E-state index contributed by atoms with van der Waals surface area (Å²) in [5.41, 5.74) is -4.70. The van der Waals surface area contributed by atoms with Gasteiger partial charge in [0.1, 0.15) is 25.1 Å². The van der Waals surface area contributed by atoms with Crippen molar-refractivity contribution < 1.29 is 49.6 Å². The van der Waals surface area contributed by atoms with Gasteiger partial charge in [-0.1, -0.05) is 50.0 Å². The maximum Gasteiger partial charge on any atom is 0.534 e. The molecule has 10 nitrogen and oxygen atoms in total. The molecule has 1 atom stereocenters. The van der Waals surface area contributed by atoms with Crippen LogP contribution in [0.3, 0.4) is 0 Å². The van der Waals surface area contributed by atoms with E-state index in [1.807, 2.05) is 30.3 Å². The first-order valence-electron chi connectivity index (χ1n) is 12.9. The Bertz CT molecular complexity index is 1480. The fourth-order valence-corrected chi connectivity index (χ4v) is 5.54. The number of halogens is 3. The minimum Gasteiger partial charge on any atom is -0.493 e. The smallest absolute Gasteiger partial charge is 0.493 e. The Kier molecular flexibility index (Phi) is 8.94. The van der Waals surface area contributed by atoms with E-state index >= 15 is 0 Å². The minimum absolute atomic E-state index is 0.0280. The van der Waals surface area contributed by atoms with Crippen LogP contribution in [0, 0.1) is 0 Å². The largest absolute Gasteiger partial charge is 0.534 e. The van der Waals surface area contributed by atoms with Crippen LogP contribution >= 0.6 is 0 Å². The molecule has 0 unspecified atom stereocenters. The van der Waals surface area contributed by atoms with Gasteiger partial charge in [0.05, 0.1) is 18.4 Å². The van der Waals surface area contributed by atoms with Crippen molar-refractivity contribution in [2.75, 3.05) is 25.3 Å². The second-order valence-corrected chi connectivity index (χ2v) is 18.1. The van der Waals surface area contributed by atoms with E-state index in [1.54, 1.807) is 0 Å². The van der Waals surface area contributed by atoms with E-state index in [0.29, 0.717) is 6.61 Å². The number of hydrogen-bond donors (Lipinski definition) is 0. The van der Waals surface area contributed by atoms with E-state index in [1.165, 1.54) is 24.1 Å². The van der Waals surface area contributed by atoms with Crippen molar-refractivity contribution in [1.82, 2.24) is 4.90 Å². The molecular formula is C27H31F3N2O8SSi. The van der Waals surface area contributed by atoms with Crippen LogP contribution in [0.1, 0.15) is 22.3 Å². The molecule has 228 valence electrons. The second-order valence-electron chi connectivity index (χ2n) is 10.9. The first-order chi connectivity index (χ1) is 19.6. The van der Waals surface area contributed by atoms with Crippen LogP contribution in [0.4, 0.5) is 18.9 Å². The standard InChI is InChI=1S/C27H31F3N2O8SSi/c1-37-23-13-20-21(14-24(23)39-16-18-8-6-5-7-9-18)32(17-38-10-11-42(2,3)4)26(34)22-12-19(15-31(22)25(20)33)40-41(35,36)27(28,29)30/h5-9,13-15,22H,10-12,16-17H2,1-4H3/t22-/m0/s1. The van der Waals surface area contributed by atoms with Gasteiger partial charge < -0.3 is 18.4 Å². The normalized spacial score (nSPS) is 17.4. The highest BCUT2D eigenvalue weighted by Crippen LogP contribution is 2.41. The van der Waals surface area contributed by atoms with Gasteiger partial charge in [0, 0.05) is 33.4 Å². The molecule has 2 aromatic rings. The van der Waals surface area contributed by atoms with Crippen LogP contribution in [-0.4, -0.2) is 65.2 Å². The van der Waals surface area contributed by atoms with E-state index in [9.17, 15) is 31.2 Å². The van der Waals surface area contributed by atoms with Crippen LogP contribution in [0.15, 0.2) is 54.4 Å². The lowest BCUT2D eigenvalue weighted by Gasteiger charge is -2.26. The number of fused-ring (bicyclic) bond motifs is 2. The molecule has 0 radical (unpaired) electrons. The number of nitrogens with zero attached hydrogens (tertiary/aromatic N) is 2. The first kappa shape index (κ1) is 31.4. The summed E-state index contributed by atoms with van der Waals surface area (Å²) in [5.74, 6) is -1.76. The number of anilines is 1. The Balaban J connectivity index is 1.72. The average Bonchev–Trinajstić information content (AvgIpc) is 3.30. The molecule has 0 N–H and O–H groups in total. The lowest BCUT2D eigenvalue weighted by atomic mass is 10.1. The first-order valence-corrected chi connectivity index (χ1v) is 18.0. The highest BCUT2D eigenvalue weighted by molar-refractivity contribution is 7.87. The zero-order valence-corrected chi connectivity index (χ0v) is 25.3. The van der Waals surface area contributed by atoms with Gasteiger partial charge in [0.2, 0.25) is 0 Å². The number of benzene rings is 2. The maximum absolute atomic E-state index is 13.8. The van der Waals surface area contributed by atoms with Crippen LogP contribution in [0.5, 0.6) is 11.5 Å². The predicted molar refractivity (Wildman–Crippen MR) is 149 cm³/mol. The topological polar surface area (TPSA) is 112 Å². The highest BCUT2D eigenvalue weighted by atomic mass is 32.2. The molecule has 42 heavy (non-hydrogen) atoms. The third-order valence-electron chi connectivity index (χ3n) is 6.56. The van der Waals surface area contributed by atoms with Crippen molar-refractivity contribution in [3.8, 4) is 11.5 Å². The lowest BCUT2D eigenvalue weighted by Crippen LogP contribution is -2.45. The van der Waals surface area contributed by atoms with E-state index in [2.05, 4.69) is 23.8 Å². The summed E-state index contributed by atoms with van der Waals surface area (Å²) in [7, 11) is -6.13.